The molecular weight excluding hydrogens is 266 g/mol. The highest BCUT2D eigenvalue weighted by molar-refractivity contribution is 6.01. The molecule has 0 aromatic heterocycles. The number of aliphatic hydroxyl groups is 1. The molecule has 3 unspecified atom stereocenters. The minimum atomic E-state index is -0.504. The minimum Gasteiger partial charge on any atom is -0.393 e. The van der Waals surface area contributed by atoms with Crippen molar-refractivity contribution in [1.82, 2.24) is 0 Å². The van der Waals surface area contributed by atoms with Crippen LogP contribution in [0.1, 0.15) is 65.3 Å². The van der Waals surface area contributed by atoms with Gasteiger partial charge in [-0.3, -0.25) is 9.59 Å². The normalized spacial score (nSPS) is 32.0. The summed E-state index contributed by atoms with van der Waals surface area (Å²) in [5.41, 5.74) is 7.29. The SMILES string of the molecule is CC12CCC(O)CC1CCC(=O)c1cc(C(N)=O)ccc12. The predicted octanol–water partition coefficient (Wildman–Crippen LogP) is 2.18. The zero-order chi connectivity index (χ0) is 15.2. The first-order chi connectivity index (χ1) is 9.91. The van der Waals surface area contributed by atoms with E-state index >= 15 is 0 Å². The van der Waals surface area contributed by atoms with Gasteiger partial charge in [0.25, 0.3) is 0 Å². The number of ketones is 1. The van der Waals surface area contributed by atoms with E-state index < -0.39 is 5.91 Å². The molecule has 112 valence electrons. The van der Waals surface area contributed by atoms with Crippen molar-refractivity contribution in [3.8, 4) is 0 Å². The molecule has 2 aliphatic rings. The number of nitrogens with two attached hydrogens (primary N) is 1. The maximum atomic E-state index is 12.4. The molecular formula is C17H21NO3. The van der Waals surface area contributed by atoms with Gasteiger partial charge in [0.15, 0.2) is 5.78 Å². The van der Waals surface area contributed by atoms with Gasteiger partial charge >= 0.3 is 0 Å². The lowest BCUT2D eigenvalue weighted by Gasteiger charge is -2.43. The molecule has 1 aromatic rings. The van der Waals surface area contributed by atoms with Gasteiger partial charge in [-0.15, -0.1) is 0 Å². The van der Waals surface area contributed by atoms with Crippen LogP contribution in [0.4, 0.5) is 0 Å². The summed E-state index contributed by atoms with van der Waals surface area (Å²) >= 11 is 0. The third-order valence-electron chi connectivity index (χ3n) is 5.39. The number of aliphatic hydroxyl groups excluding tert-OH is 1. The summed E-state index contributed by atoms with van der Waals surface area (Å²) in [7, 11) is 0. The zero-order valence-electron chi connectivity index (χ0n) is 12.3. The largest absolute Gasteiger partial charge is 0.393 e. The van der Waals surface area contributed by atoms with E-state index in [9.17, 15) is 14.7 Å². The van der Waals surface area contributed by atoms with E-state index in [4.69, 9.17) is 5.73 Å². The number of carbonyl (C=O) groups excluding carboxylic acids is 2. The Kier molecular flexibility index (Phi) is 3.36. The highest BCUT2D eigenvalue weighted by Crippen LogP contribution is 2.48. The molecule has 0 saturated heterocycles. The van der Waals surface area contributed by atoms with Gasteiger partial charge in [0.05, 0.1) is 6.10 Å². The van der Waals surface area contributed by atoms with Crippen molar-refractivity contribution in [2.75, 3.05) is 0 Å². The van der Waals surface area contributed by atoms with Crippen molar-refractivity contribution in [1.29, 1.82) is 0 Å². The van der Waals surface area contributed by atoms with Crippen LogP contribution in [0.2, 0.25) is 0 Å². The first-order valence-corrected chi connectivity index (χ1v) is 7.57. The number of benzene rings is 1. The van der Waals surface area contributed by atoms with E-state index in [1.807, 2.05) is 6.07 Å². The summed E-state index contributed by atoms with van der Waals surface area (Å²) in [5, 5.41) is 9.94. The van der Waals surface area contributed by atoms with Crippen molar-refractivity contribution in [2.24, 2.45) is 11.7 Å². The third kappa shape index (κ3) is 2.27. The van der Waals surface area contributed by atoms with Crippen LogP contribution in [0.3, 0.4) is 0 Å². The summed E-state index contributed by atoms with van der Waals surface area (Å²) in [6.07, 6.45) is 3.40. The molecule has 0 aliphatic heterocycles. The summed E-state index contributed by atoms with van der Waals surface area (Å²) in [6.45, 7) is 2.19. The van der Waals surface area contributed by atoms with Gasteiger partial charge in [0.2, 0.25) is 5.91 Å². The van der Waals surface area contributed by atoms with Crippen LogP contribution in [0, 0.1) is 5.92 Å². The van der Waals surface area contributed by atoms with Crippen molar-refractivity contribution in [3.05, 3.63) is 34.9 Å². The molecule has 3 N–H and O–H groups in total. The van der Waals surface area contributed by atoms with Crippen LogP contribution >= 0.6 is 0 Å². The molecule has 1 amide bonds. The van der Waals surface area contributed by atoms with Gasteiger partial charge in [-0.1, -0.05) is 13.0 Å². The molecule has 0 heterocycles. The van der Waals surface area contributed by atoms with Crippen molar-refractivity contribution < 1.29 is 14.7 Å². The average Bonchev–Trinajstić information content (AvgIpc) is 2.56. The van der Waals surface area contributed by atoms with E-state index in [1.54, 1.807) is 12.1 Å². The number of fused-ring (bicyclic) bond motifs is 3. The van der Waals surface area contributed by atoms with Crippen molar-refractivity contribution in [3.63, 3.8) is 0 Å². The Morgan fingerprint density at radius 2 is 2.14 bits per heavy atom. The second-order valence-electron chi connectivity index (χ2n) is 6.63. The second kappa shape index (κ2) is 4.95. The van der Waals surface area contributed by atoms with Gasteiger partial charge in [-0.05, 0) is 54.7 Å². The van der Waals surface area contributed by atoms with Gasteiger partial charge in [-0.25, -0.2) is 0 Å². The van der Waals surface area contributed by atoms with E-state index in [0.717, 1.165) is 31.2 Å². The van der Waals surface area contributed by atoms with Crippen LogP contribution in [0.15, 0.2) is 18.2 Å². The number of hydrogen-bond donors (Lipinski definition) is 2. The van der Waals surface area contributed by atoms with Crippen LogP contribution in [0.5, 0.6) is 0 Å². The molecule has 0 bridgehead atoms. The molecule has 2 aliphatic carbocycles. The molecule has 4 nitrogen and oxygen atoms in total. The predicted molar refractivity (Wildman–Crippen MR) is 79.2 cm³/mol. The topological polar surface area (TPSA) is 80.4 Å². The molecule has 0 spiro atoms. The highest BCUT2D eigenvalue weighted by atomic mass is 16.3. The van der Waals surface area contributed by atoms with Gasteiger partial charge in [-0.2, -0.15) is 0 Å². The van der Waals surface area contributed by atoms with Gasteiger partial charge in [0.1, 0.15) is 0 Å². The number of primary amides is 1. The molecule has 1 fully saturated rings. The second-order valence-corrected chi connectivity index (χ2v) is 6.63. The van der Waals surface area contributed by atoms with E-state index in [-0.39, 0.29) is 17.3 Å². The maximum absolute atomic E-state index is 12.4. The lowest BCUT2D eigenvalue weighted by Crippen LogP contribution is -2.39. The summed E-state index contributed by atoms with van der Waals surface area (Å²) in [5.74, 6) is -0.111. The molecule has 3 atom stereocenters. The van der Waals surface area contributed by atoms with Crippen LogP contribution in [-0.4, -0.2) is 22.9 Å². The first kappa shape index (κ1) is 14.3. The van der Waals surface area contributed by atoms with E-state index in [2.05, 4.69) is 6.92 Å². The Balaban J connectivity index is 2.13. The Labute approximate surface area is 124 Å². The molecule has 3 rings (SSSR count). The summed E-state index contributed by atoms with van der Waals surface area (Å²) in [6, 6.07) is 5.26. The quantitative estimate of drug-likeness (QED) is 0.830. The Morgan fingerprint density at radius 3 is 2.86 bits per heavy atom. The third-order valence-corrected chi connectivity index (χ3v) is 5.39. The van der Waals surface area contributed by atoms with Gasteiger partial charge < -0.3 is 10.8 Å². The average molecular weight is 287 g/mol. The molecule has 1 aromatic carbocycles. The van der Waals surface area contributed by atoms with Crippen molar-refractivity contribution in [2.45, 2.75) is 50.5 Å². The monoisotopic (exact) mass is 287 g/mol. The first-order valence-electron chi connectivity index (χ1n) is 7.57. The Morgan fingerprint density at radius 1 is 1.38 bits per heavy atom. The smallest absolute Gasteiger partial charge is 0.248 e. The highest BCUT2D eigenvalue weighted by Gasteiger charge is 2.44. The molecule has 4 heteroatoms. The van der Waals surface area contributed by atoms with Gasteiger partial charge in [0, 0.05) is 17.5 Å². The summed E-state index contributed by atoms with van der Waals surface area (Å²) < 4.78 is 0. The van der Waals surface area contributed by atoms with E-state index in [1.165, 1.54) is 0 Å². The lowest BCUT2D eigenvalue weighted by molar-refractivity contribution is 0.0537. The van der Waals surface area contributed by atoms with Crippen LogP contribution < -0.4 is 5.73 Å². The molecule has 1 saturated carbocycles. The minimum absolute atomic E-state index is 0.0817. The fraction of sp³-hybridized carbons (Fsp3) is 0.529. The Bertz CT molecular complexity index is 610. The number of carbonyl (C=O) groups is 2. The number of amides is 1. The molecule has 21 heavy (non-hydrogen) atoms. The fourth-order valence-corrected chi connectivity index (χ4v) is 4.03. The van der Waals surface area contributed by atoms with E-state index in [0.29, 0.717) is 23.5 Å². The van der Waals surface area contributed by atoms with Crippen LogP contribution in [0.25, 0.3) is 0 Å². The standard InChI is InChI=1S/C17H21NO3/c1-17-7-6-12(19)9-11(17)3-5-15(20)13-8-10(16(18)21)2-4-14(13)17/h2,4,8,11-12,19H,3,5-7,9H2,1H3,(H2,18,21). The number of hydrogen-bond acceptors (Lipinski definition) is 3. The maximum Gasteiger partial charge on any atom is 0.248 e. The fourth-order valence-electron chi connectivity index (χ4n) is 4.03. The zero-order valence-corrected chi connectivity index (χ0v) is 12.3. The number of Topliss-reactive ketones (excluding diaryl/α,β-unsaturated/α-hetero) is 1. The van der Waals surface area contributed by atoms with Crippen molar-refractivity contribution >= 4 is 11.7 Å². The lowest BCUT2D eigenvalue weighted by atomic mass is 9.62. The molecule has 0 radical (unpaired) electrons. The Hall–Kier alpha value is -1.68. The summed E-state index contributed by atoms with van der Waals surface area (Å²) in [4.78, 5) is 23.8. The van der Waals surface area contributed by atoms with Crippen LogP contribution in [-0.2, 0) is 5.41 Å². The number of rotatable bonds is 1.